The summed E-state index contributed by atoms with van der Waals surface area (Å²) >= 11 is 0. The number of amides is 1. The number of aryl methyl sites for hydroxylation is 3. The first kappa shape index (κ1) is 19.4. The third-order valence-electron chi connectivity index (χ3n) is 4.99. The molecule has 1 aromatic carbocycles. The van der Waals surface area contributed by atoms with E-state index in [1.807, 2.05) is 13.8 Å². The van der Waals surface area contributed by atoms with Gasteiger partial charge < -0.3 is 4.74 Å². The van der Waals surface area contributed by atoms with E-state index in [0.29, 0.717) is 25.9 Å². The van der Waals surface area contributed by atoms with Gasteiger partial charge in [-0.15, -0.1) is 0 Å². The molecular formula is C20H30N2O3. The molecule has 5 nitrogen and oxygen atoms in total. The molecule has 0 aliphatic heterocycles. The maximum Gasteiger partial charge on any atom is 0.328 e. The minimum absolute atomic E-state index is 0.135. The Hall–Kier alpha value is -1.88. The van der Waals surface area contributed by atoms with E-state index in [2.05, 4.69) is 29.9 Å². The highest BCUT2D eigenvalue weighted by Gasteiger charge is 2.41. The van der Waals surface area contributed by atoms with Gasteiger partial charge in [0.25, 0.3) is 0 Å². The Labute approximate surface area is 150 Å². The Bertz CT molecular complexity index is 611. The third-order valence-corrected chi connectivity index (χ3v) is 4.99. The summed E-state index contributed by atoms with van der Waals surface area (Å²) < 4.78 is 5.23. The first-order chi connectivity index (χ1) is 11.9. The molecule has 0 unspecified atom stereocenters. The molecule has 5 heteroatoms. The number of hydrazine groups is 1. The van der Waals surface area contributed by atoms with Crippen molar-refractivity contribution in [2.45, 2.75) is 71.8 Å². The van der Waals surface area contributed by atoms with Crippen LogP contribution in [0.15, 0.2) is 12.1 Å². The van der Waals surface area contributed by atoms with Gasteiger partial charge in [0.15, 0.2) is 0 Å². The fourth-order valence-corrected chi connectivity index (χ4v) is 3.69. The molecule has 1 saturated carbocycles. The van der Waals surface area contributed by atoms with E-state index in [9.17, 15) is 9.59 Å². The molecule has 0 heterocycles. The second-order valence-electron chi connectivity index (χ2n) is 7.09. The van der Waals surface area contributed by atoms with Crippen molar-refractivity contribution in [2.24, 2.45) is 0 Å². The third kappa shape index (κ3) is 4.82. The zero-order valence-corrected chi connectivity index (χ0v) is 15.8. The van der Waals surface area contributed by atoms with Crippen molar-refractivity contribution >= 4 is 11.9 Å². The second kappa shape index (κ2) is 8.48. The molecule has 1 aliphatic carbocycles. The van der Waals surface area contributed by atoms with Crippen LogP contribution in [0, 0.1) is 20.8 Å². The lowest BCUT2D eigenvalue weighted by atomic mass is 9.82. The van der Waals surface area contributed by atoms with E-state index in [0.717, 1.165) is 36.0 Å². The van der Waals surface area contributed by atoms with Crippen LogP contribution in [0.25, 0.3) is 0 Å². The summed E-state index contributed by atoms with van der Waals surface area (Å²) in [6.07, 6.45) is 4.70. The molecule has 0 saturated heterocycles. The molecule has 1 aliphatic rings. The van der Waals surface area contributed by atoms with Crippen LogP contribution in [-0.4, -0.2) is 24.0 Å². The Balaban J connectivity index is 2.03. The Kier molecular flexibility index (Phi) is 6.59. The molecular weight excluding hydrogens is 316 g/mol. The summed E-state index contributed by atoms with van der Waals surface area (Å²) in [5, 5.41) is 0. The number of carbonyl (C=O) groups is 2. The SMILES string of the molecule is CCOC(=O)C1(NNC(=O)Cc2c(C)cc(C)cc2C)CCCCC1. The minimum Gasteiger partial charge on any atom is -0.465 e. The van der Waals surface area contributed by atoms with Gasteiger partial charge in [0.05, 0.1) is 13.0 Å². The smallest absolute Gasteiger partial charge is 0.328 e. The number of esters is 1. The molecule has 2 N–H and O–H groups in total. The van der Waals surface area contributed by atoms with E-state index < -0.39 is 5.54 Å². The lowest BCUT2D eigenvalue weighted by Crippen LogP contribution is -2.60. The fourth-order valence-electron chi connectivity index (χ4n) is 3.69. The van der Waals surface area contributed by atoms with Crippen LogP contribution in [0.3, 0.4) is 0 Å². The lowest BCUT2D eigenvalue weighted by Gasteiger charge is -2.35. The largest absolute Gasteiger partial charge is 0.465 e. The molecule has 1 amide bonds. The van der Waals surface area contributed by atoms with Gasteiger partial charge in [0, 0.05) is 0 Å². The van der Waals surface area contributed by atoms with Gasteiger partial charge in [-0.25, -0.2) is 10.2 Å². The second-order valence-corrected chi connectivity index (χ2v) is 7.09. The van der Waals surface area contributed by atoms with Gasteiger partial charge in [0.1, 0.15) is 5.54 Å². The van der Waals surface area contributed by atoms with Gasteiger partial charge >= 0.3 is 5.97 Å². The van der Waals surface area contributed by atoms with Gasteiger partial charge in [0.2, 0.25) is 5.91 Å². The van der Waals surface area contributed by atoms with Crippen molar-refractivity contribution in [1.82, 2.24) is 10.9 Å². The molecule has 25 heavy (non-hydrogen) atoms. The first-order valence-corrected chi connectivity index (χ1v) is 9.18. The monoisotopic (exact) mass is 346 g/mol. The van der Waals surface area contributed by atoms with Gasteiger partial charge in [-0.2, -0.15) is 0 Å². The molecule has 0 radical (unpaired) electrons. The van der Waals surface area contributed by atoms with E-state index in [1.54, 1.807) is 6.92 Å². The highest BCUT2D eigenvalue weighted by atomic mass is 16.5. The highest BCUT2D eigenvalue weighted by molar-refractivity contribution is 5.83. The average Bonchev–Trinajstić information content (AvgIpc) is 2.57. The van der Waals surface area contributed by atoms with Gasteiger partial charge in [-0.05, 0) is 57.2 Å². The molecule has 2 rings (SSSR count). The summed E-state index contributed by atoms with van der Waals surface area (Å²) in [6, 6.07) is 4.18. The number of nitrogens with one attached hydrogen (secondary N) is 2. The molecule has 1 aromatic rings. The summed E-state index contributed by atoms with van der Waals surface area (Å²) in [5.41, 5.74) is 9.45. The maximum atomic E-state index is 12.4. The zero-order chi connectivity index (χ0) is 18.4. The van der Waals surface area contributed by atoms with Crippen LogP contribution >= 0.6 is 0 Å². The van der Waals surface area contributed by atoms with Crippen molar-refractivity contribution in [2.75, 3.05) is 6.61 Å². The normalized spacial score (nSPS) is 16.3. The van der Waals surface area contributed by atoms with E-state index >= 15 is 0 Å². The molecule has 0 bridgehead atoms. The number of ether oxygens (including phenoxy) is 1. The number of hydrogen-bond donors (Lipinski definition) is 2. The van der Waals surface area contributed by atoms with E-state index in [1.165, 1.54) is 5.56 Å². The topological polar surface area (TPSA) is 67.4 Å². The fraction of sp³-hybridized carbons (Fsp3) is 0.600. The molecule has 0 spiro atoms. The molecule has 0 atom stereocenters. The summed E-state index contributed by atoms with van der Waals surface area (Å²) in [4.78, 5) is 24.8. The minimum atomic E-state index is -0.790. The van der Waals surface area contributed by atoms with E-state index in [-0.39, 0.29) is 11.9 Å². The zero-order valence-electron chi connectivity index (χ0n) is 15.8. The van der Waals surface area contributed by atoms with Gasteiger partial charge in [-0.1, -0.05) is 37.0 Å². The summed E-state index contributed by atoms with van der Waals surface area (Å²) in [6.45, 7) is 8.25. The lowest BCUT2D eigenvalue weighted by molar-refractivity contribution is -0.153. The van der Waals surface area contributed by atoms with Crippen LogP contribution in [0.1, 0.15) is 61.3 Å². The van der Waals surface area contributed by atoms with Crippen molar-refractivity contribution in [3.63, 3.8) is 0 Å². The quantitative estimate of drug-likeness (QED) is 0.614. The van der Waals surface area contributed by atoms with Crippen LogP contribution in [0.5, 0.6) is 0 Å². The van der Waals surface area contributed by atoms with Crippen LogP contribution in [0.2, 0.25) is 0 Å². The molecule has 1 fully saturated rings. The van der Waals surface area contributed by atoms with Crippen LogP contribution in [-0.2, 0) is 20.7 Å². The highest BCUT2D eigenvalue weighted by Crippen LogP contribution is 2.29. The number of benzene rings is 1. The Morgan fingerprint density at radius 1 is 1.08 bits per heavy atom. The predicted octanol–water partition coefficient (Wildman–Crippen LogP) is 3.04. The summed E-state index contributed by atoms with van der Waals surface area (Å²) in [5.74, 6) is -0.401. The number of rotatable bonds is 6. The predicted molar refractivity (Wildman–Crippen MR) is 98.1 cm³/mol. The van der Waals surface area contributed by atoms with Crippen molar-refractivity contribution in [3.05, 3.63) is 34.4 Å². The van der Waals surface area contributed by atoms with Crippen LogP contribution < -0.4 is 10.9 Å². The molecule has 138 valence electrons. The van der Waals surface area contributed by atoms with Gasteiger partial charge in [-0.3, -0.25) is 10.2 Å². The van der Waals surface area contributed by atoms with Crippen molar-refractivity contribution in [1.29, 1.82) is 0 Å². The first-order valence-electron chi connectivity index (χ1n) is 9.18. The molecule has 0 aromatic heterocycles. The standard InChI is InChI=1S/C20H30N2O3/c1-5-25-19(24)20(9-7-6-8-10-20)22-21-18(23)13-17-15(3)11-14(2)12-16(17)4/h11-12,22H,5-10,13H2,1-4H3,(H,21,23). The van der Waals surface area contributed by atoms with Crippen molar-refractivity contribution in [3.8, 4) is 0 Å². The average molecular weight is 346 g/mol. The number of carbonyl (C=O) groups excluding carboxylic acids is 2. The Morgan fingerprint density at radius 2 is 1.68 bits per heavy atom. The van der Waals surface area contributed by atoms with E-state index in [4.69, 9.17) is 4.74 Å². The summed E-state index contributed by atoms with van der Waals surface area (Å²) in [7, 11) is 0. The maximum absolute atomic E-state index is 12.4. The number of hydrogen-bond acceptors (Lipinski definition) is 4. The Morgan fingerprint density at radius 3 is 2.24 bits per heavy atom. The van der Waals surface area contributed by atoms with Crippen LogP contribution in [0.4, 0.5) is 0 Å². The van der Waals surface area contributed by atoms with Crippen molar-refractivity contribution < 1.29 is 14.3 Å².